The van der Waals surface area contributed by atoms with Crippen molar-refractivity contribution in [1.29, 1.82) is 0 Å². The molecule has 0 bridgehead atoms. The van der Waals surface area contributed by atoms with Crippen molar-refractivity contribution in [3.05, 3.63) is 62.8 Å². The van der Waals surface area contributed by atoms with Crippen LogP contribution in [0, 0.1) is 0 Å². The molecule has 1 amide bonds. The summed E-state index contributed by atoms with van der Waals surface area (Å²) in [5, 5.41) is 2.70. The van der Waals surface area contributed by atoms with Gasteiger partial charge in [0.2, 0.25) is 5.95 Å². The molecule has 0 aliphatic carbocycles. The lowest BCUT2D eigenvalue weighted by molar-refractivity contribution is 0.0635. The summed E-state index contributed by atoms with van der Waals surface area (Å²) in [5.74, 6) is 0.294. The quantitative estimate of drug-likeness (QED) is 0.129. The van der Waals surface area contributed by atoms with Gasteiger partial charge in [-0.3, -0.25) is 10.3 Å². The number of imidazole rings is 1. The monoisotopic (exact) mass is 689 g/mol. The number of H-pyrrole nitrogens is 1. The number of amides is 1. The van der Waals surface area contributed by atoms with Gasteiger partial charge in [-0.1, -0.05) is 50.0 Å². The Bertz CT molecular complexity index is 1470. The number of carbonyl (C=O) groups is 1. The fourth-order valence-electron chi connectivity index (χ4n) is 4.20. The third kappa shape index (κ3) is 7.83. The number of carbonyl (C=O) groups excluding carboxylic acids is 1. The number of aromatic nitrogens is 4. The number of benzene rings is 1. The van der Waals surface area contributed by atoms with E-state index in [-0.39, 0.29) is 0 Å². The Morgan fingerprint density at radius 3 is 2.50 bits per heavy atom. The van der Waals surface area contributed by atoms with Crippen LogP contribution in [-0.4, -0.2) is 45.9 Å². The largest absolute Gasteiger partial charge is 0.444 e. The van der Waals surface area contributed by atoms with E-state index in [1.165, 1.54) is 5.56 Å². The van der Waals surface area contributed by atoms with E-state index in [0.717, 1.165) is 44.7 Å². The lowest BCUT2D eigenvalue weighted by Crippen LogP contribution is -2.27. The predicted octanol–water partition coefficient (Wildman–Crippen LogP) is 8.40. The summed E-state index contributed by atoms with van der Waals surface area (Å²) < 4.78 is 15.6. The van der Waals surface area contributed by atoms with E-state index in [1.807, 2.05) is 32.9 Å². The number of rotatable bonds is 10. The minimum absolute atomic E-state index is 0.294. The van der Waals surface area contributed by atoms with Crippen molar-refractivity contribution in [1.82, 2.24) is 19.5 Å². The summed E-state index contributed by atoms with van der Waals surface area (Å²) in [6, 6.07) is 13.4. The molecule has 4 aromatic rings. The number of anilines is 1. The van der Waals surface area contributed by atoms with Crippen LogP contribution in [0.2, 0.25) is 25.7 Å². The van der Waals surface area contributed by atoms with E-state index in [0.29, 0.717) is 30.5 Å². The van der Waals surface area contributed by atoms with Crippen molar-refractivity contribution in [3.63, 3.8) is 0 Å². The van der Waals surface area contributed by atoms with Gasteiger partial charge in [-0.05, 0) is 88.7 Å². The molecule has 214 valence electrons. The Hall–Kier alpha value is -2.47. The molecule has 0 unspecified atom stereocenters. The standard InChI is InChI=1S/C29H37Br2N5O3Si/c1-29(2,3)39-28(37)35-27-33-21-14-15-32-24(23(21)34-27)25-22(30)20(13-12-19-10-8-7-9-11-19)26(31)36(25)18-38-16-17-40(4,5)6/h7-11,14-15H,12-13,16-18H2,1-6H3,(H2,33,34,35,37). The number of fused-ring (bicyclic) bond motifs is 1. The average Bonchev–Trinajstić information content (AvgIpc) is 3.36. The van der Waals surface area contributed by atoms with Crippen LogP contribution in [0.15, 0.2) is 51.7 Å². The van der Waals surface area contributed by atoms with Gasteiger partial charge in [-0.2, -0.15) is 0 Å². The Morgan fingerprint density at radius 2 is 1.82 bits per heavy atom. The molecule has 0 aliphatic rings. The molecule has 0 atom stereocenters. The van der Waals surface area contributed by atoms with E-state index < -0.39 is 19.8 Å². The van der Waals surface area contributed by atoms with Crippen LogP contribution in [0.4, 0.5) is 10.7 Å². The van der Waals surface area contributed by atoms with Gasteiger partial charge >= 0.3 is 6.09 Å². The lowest BCUT2D eigenvalue weighted by atomic mass is 10.1. The fourth-order valence-corrected chi connectivity index (χ4v) is 6.68. The molecular formula is C29H37Br2N5O3Si. The zero-order valence-corrected chi connectivity index (χ0v) is 28.1. The molecule has 0 fully saturated rings. The number of pyridine rings is 1. The summed E-state index contributed by atoms with van der Waals surface area (Å²) >= 11 is 7.78. The summed E-state index contributed by atoms with van der Waals surface area (Å²) in [6.07, 6.45) is 2.87. The third-order valence-electron chi connectivity index (χ3n) is 6.20. The normalized spacial score (nSPS) is 12.2. The summed E-state index contributed by atoms with van der Waals surface area (Å²) in [7, 11) is -1.23. The minimum Gasteiger partial charge on any atom is -0.444 e. The fraction of sp³-hybridized carbons (Fsp3) is 0.414. The third-order valence-corrected chi connectivity index (χ3v) is 9.66. The molecule has 0 saturated carbocycles. The molecule has 0 aliphatic heterocycles. The van der Waals surface area contributed by atoms with E-state index in [4.69, 9.17) is 14.5 Å². The number of ether oxygens (including phenoxy) is 2. The highest BCUT2D eigenvalue weighted by Gasteiger charge is 2.25. The molecule has 4 rings (SSSR count). The van der Waals surface area contributed by atoms with Crippen LogP contribution >= 0.6 is 31.9 Å². The van der Waals surface area contributed by atoms with Gasteiger partial charge < -0.3 is 19.0 Å². The van der Waals surface area contributed by atoms with Crippen molar-refractivity contribution in [2.75, 3.05) is 11.9 Å². The predicted molar refractivity (Wildman–Crippen MR) is 171 cm³/mol. The van der Waals surface area contributed by atoms with Gasteiger partial charge in [0.15, 0.2) is 0 Å². The summed E-state index contributed by atoms with van der Waals surface area (Å²) in [5.41, 5.74) is 4.71. The Kier molecular flexibility index (Phi) is 9.59. The zero-order chi connectivity index (χ0) is 29.1. The van der Waals surface area contributed by atoms with Crippen molar-refractivity contribution in [3.8, 4) is 11.4 Å². The summed E-state index contributed by atoms with van der Waals surface area (Å²) in [4.78, 5) is 25.0. The van der Waals surface area contributed by atoms with E-state index in [2.05, 4.69) is 95.6 Å². The number of hydrogen-bond acceptors (Lipinski definition) is 5. The highest BCUT2D eigenvalue weighted by molar-refractivity contribution is 9.11. The molecule has 3 aromatic heterocycles. The number of nitrogens with one attached hydrogen (secondary N) is 2. The van der Waals surface area contributed by atoms with Crippen molar-refractivity contribution >= 4 is 63.0 Å². The molecule has 2 N–H and O–H groups in total. The van der Waals surface area contributed by atoms with Gasteiger partial charge in [0, 0.05) is 25.4 Å². The molecule has 0 spiro atoms. The number of nitrogens with zero attached hydrogens (tertiary/aromatic N) is 3. The molecular weight excluding hydrogens is 654 g/mol. The molecule has 3 heterocycles. The number of aromatic amines is 1. The minimum atomic E-state index is -1.23. The van der Waals surface area contributed by atoms with Gasteiger partial charge in [0.05, 0.1) is 15.8 Å². The lowest BCUT2D eigenvalue weighted by Gasteiger charge is -2.18. The average molecular weight is 692 g/mol. The van der Waals surface area contributed by atoms with Crippen molar-refractivity contribution in [2.24, 2.45) is 0 Å². The highest BCUT2D eigenvalue weighted by Crippen LogP contribution is 2.41. The SMILES string of the molecule is CC(C)(C)OC(=O)Nc1nc2c(-c3c(Br)c(CCc4ccccc4)c(Br)n3COCC[Si](C)(C)C)nccc2[nH]1. The topological polar surface area (TPSA) is 94.1 Å². The smallest absolute Gasteiger partial charge is 0.414 e. The zero-order valence-electron chi connectivity index (χ0n) is 23.9. The molecule has 40 heavy (non-hydrogen) atoms. The van der Waals surface area contributed by atoms with Crippen LogP contribution < -0.4 is 5.32 Å². The van der Waals surface area contributed by atoms with Gasteiger partial charge in [0.25, 0.3) is 0 Å². The molecule has 11 heteroatoms. The van der Waals surface area contributed by atoms with E-state index in [1.54, 1.807) is 6.20 Å². The first kappa shape index (κ1) is 30.5. The Labute approximate surface area is 253 Å². The summed E-state index contributed by atoms with van der Waals surface area (Å²) in [6.45, 7) is 13.6. The maximum absolute atomic E-state index is 12.4. The maximum Gasteiger partial charge on any atom is 0.414 e. The first-order valence-electron chi connectivity index (χ1n) is 13.4. The first-order valence-corrected chi connectivity index (χ1v) is 18.6. The number of hydrogen-bond donors (Lipinski definition) is 2. The first-order chi connectivity index (χ1) is 18.8. The number of aryl methyl sites for hydroxylation is 1. The maximum atomic E-state index is 12.4. The van der Waals surface area contributed by atoms with Crippen LogP contribution in [0.5, 0.6) is 0 Å². The van der Waals surface area contributed by atoms with Crippen molar-refractivity contribution in [2.45, 2.75) is 71.6 Å². The molecule has 1 aromatic carbocycles. The Morgan fingerprint density at radius 1 is 1.10 bits per heavy atom. The van der Waals surface area contributed by atoms with Crippen LogP contribution in [-0.2, 0) is 29.0 Å². The molecule has 8 nitrogen and oxygen atoms in total. The van der Waals surface area contributed by atoms with Gasteiger partial charge in [-0.15, -0.1) is 0 Å². The Balaban J connectivity index is 1.71. The second-order valence-corrected chi connectivity index (χ2v) is 19.1. The molecule has 0 saturated heterocycles. The van der Waals surface area contributed by atoms with Crippen LogP contribution in [0.3, 0.4) is 0 Å². The van der Waals surface area contributed by atoms with Gasteiger partial charge in [-0.25, -0.2) is 9.78 Å². The van der Waals surface area contributed by atoms with Crippen LogP contribution in [0.1, 0.15) is 31.9 Å². The van der Waals surface area contributed by atoms with Crippen LogP contribution in [0.25, 0.3) is 22.4 Å². The molecule has 0 radical (unpaired) electrons. The second-order valence-electron chi connectivity index (χ2n) is 12.0. The highest BCUT2D eigenvalue weighted by atomic mass is 79.9. The second kappa shape index (κ2) is 12.6. The van der Waals surface area contributed by atoms with E-state index >= 15 is 0 Å². The van der Waals surface area contributed by atoms with Crippen molar-refractivity contribution < 1.29 is 14.3 Å². The van der Waals surface area contributed by atoms with Gasteiger partial charge in [0.1, 0.15) is 23.5 Å². The number of halogens is 2. The van der Waals surface area contributed by atoms with E-state index in [9.17, 15) is 4.79 Å².